The Hall–Kier alpha value is -0.870. The van der Waals surface area contributed by atoms with E-state index in [4.69, 9.17) is 5.11 Å². The highest BCUT2D eigenvalue weighted by molar-refractivity contribution is 7.38. The zero-order valence-corrected chi connectivity index (χ0v) is 7.04. The van der Waals surface area contributed by atoms with Crippen molar-refractivity contribution in [3.05, 3.63) is 22.4 Å². The topological polar surface area (TPSA) is 37.3 Å². The van der Waals surface area contributed by atoms with Gasteiger partial charge in [0.25, 0.3) is 0 Å². The number of carboxylic acids is 1. The van der Waals surface area contributed by atoms with E-state index in [0.717, 1.165) is 9.40 Å². The zero-order valence-electron chi connectivity index (χ0n) is 5.40. The second-order valence-electron chi connectivity index (χ2n) is 2.08. The van der Waals surface area contributed by atoms with Gasteiger partial charge in [0, 0.05) is 5.39 Å². The monoisotopic (exact) mass is 184 g/mol. The van der Waals surface area contributed by atoms with E-state index < -0.39 is 5.97 Å². The third kappa shape index (κ3) is 1.04. The maximum Gasteiger partial charge on any atom is 0.345 e. The van der Waals surface area contributed by atoms with Crippen molar-refractivity contribution in [3.8, 4) is 0 Å². The summed E-state index contributed by atoms with van der Waals surface area (Å²) in [5.41, 5.74) is 0. The molecule has 0 aliphatic heterocycles. The number of fused-ring (bicyclic) bond motifs is 1. The molecule has 0 saturated heterocycles. The molecule has 2 aromatic rings. The van der Waals surface area contributed by atoms with Crippen molar-refractivity contribution in [1.29, 1.82) is 0 Å². The number of carboxylic acid groups (broad SMARTS) is 1. The predicted octanol–water partition coefficient (Wildman–Crippen LogP) is 2.66. The molecule has 0 aliphatic rings. The summed E-state index contributed by atoms with van der Waals surface area (Å²) in [6, 6.07) is 3.64. The minimum absolute atomic E-state index is 0.423. The van der Waals surface area contributed by atoms with Gasteiger partial charge in [0.2, 0.25) is 0 Å². The molecule has 0 spiro atoms. The van der Waals surface area contributed by atoms with E-state index in [1.807, 2.05) is 11.4 Å². The van der Waals surface area contributed by atoms with E-state index in [1.165, 1.54) is 11.3 Å². The lowest BCUT2D eigenvalue weighted by Gasteiger charge is -1.79. The Morgan fingerprint density at radius 3 is 3.00 bits per heavy atom. The van der Waals surface area contributed by atoms with Gasteiger partial charge >= 0.3 is 5.97 Å². The van der Waals surface area contributed by atoms with E-state index in [-0.39, 0.29) is 0 Å². The lowest BCUT2D eigenvalue weighted by Crippen LogP contribution is -1.89. The molecule has 11 heavy (non-hydrogen) atoms. The standard InChI is InChI=1S/C7H4O2S2/c8-6(9)5-3-4-1-2-10-7(4)11-5/h1-3H,(H,8,9). The van der Waals surface area contributed by atoms with Gasteiger partial charge in [-0.3, -0.25) is 0 Å². The van der Waals surface area contributed by atoms with Crippen LogP contribution in [0, 0.1) is 0 Å². The Balaban J connectivity index is 2.67. The number of hydrogen-bond acceptors (Lipinski definition) is 3. The van der Waals surface area contributed by atoms with Gasteiger partial charge in [-0.05, 0) is 17.5 Å². The lowest BCUT2D eigenvalue weighted by atomic mass is 10.4. The van der Waals surface area contributed by atoms with Crippen molar-refractivity contribution in [2.24, 2.45) is 0 Å². The van der Waals surface area contributed by atoms with Crippen LogP contribution < -0.4 is 0 Å². The summed E-state index contributed by atoms with van der Waals surface area (Å²) in [4.78, 5) is 10.9. The van der Waals surface area contributed by atoms with Crippen molar-refractivity contribution >= 4 is 38.0 Å². The molecule has 0 amide bonds. The fraction of sp³-hybridized carbons (Fsp3) is 0. The summed E-state index contributed by atoms with van der Waals surface area (Å²) in [6.07, 6.45) is 0. The van der Waals surface area contributed by atoms with Crippen LogP contribution in [0.15, 0.2) is 17.5 Å². The van der Waals surface area contributed by atoms with Gasteiger partial charge < -0.3 is 5.11 Å². The number of rotatable bonds is 1. The molecule has 0 bridgehead atoms. The Labute approximate surface area is 70.7 Å². The fourth-order valence-electron chi connectivity index (χ4n) is 0.871. The molecule has 4 heteroatoms. The molecular weight excluding hydrogens is 180 g/mol. The Morgan fingerprint density at radius 2 is 2.36 bits per heavy atom. The molecule has 0 aliphatic carbocycles. The van der Waals surface area contributed by atoms with Crippen LogP contribution in [0.4, 0.5) is 0 Å². The molecule has 0 radical (unpaired) electrons. The van der Waals surface area contributed by atoms with Crippen molar-refractivity contribution in [2.45, 2.75) is 0 Å². The minimum atomic E-state index is -0.835. The minimum Gasteiger partial charge on any atom is -0.477 e. The number of carbonyl (C=O) groups is 1. The van der Waals surface area contributed by atoms with Crippen molar-refractivity contribution < 1.29 is 9.90 Å². The molecule has 56 valence electrons. The summed E-state index contributed by atoms with van der Waals surface area (Å²) < 4.78 is 1.09. The summed E-state index contributed by atoms with van der Waals surface area (Å²) in [6.45, 7) is 0. The van der Waals surface area contributed by atoms with Gasteiger partial charge in [-0.25, -0.2) is 4.79 Å². The molecule has 2 aromatic heterocycles. The summed E-state index contributed by atoms with van der Waals surface area (Å²) in [5, 5.41) is 11.6. The average Bonchev–Trinajstić information content (AvgIpc) is 2.40. The molecule has 1 N–H and O–H groups in total. The number of aromatic carboxylic acids is 1. The van der Waals surface area contributed by atoms with Crippen LogP contribution in [-0.4, -0.2) is 11.1 Å². The highest BCUT2D eigenvalue weighted by atomic mass is 32.2. The highest BCUT2D eigenvalue weighted by Crippen LogP contribution is 2.29. The molecular formula is C7H4O2S2. The quantitative estimate of drug-likeness (QED) is 0.739. The van der Waals surface area contributed by atoms with Crippen molar-refractivity contribution in [3.63, 3.8) is 0 Å². The highest BCUT2D eigenvalue weighted by Gasteiger charge is 2.07. The number of hydrogen-bond donors (Lipinski definition) is 1. The molecule has 0 unspecified atom stereocenters. The fourth-order valence-corrected chi connectivity index (χ4v) is 2.82. The third-order valence-electron chi connectivity index (χ3n) is 1.36. The molecule has 0 atom stereocenters. The first-order valence-electron chi connectivity index (χ1n) is 2.98. The second-order valence-corrected chi connectivity index (χ2v) is 4.31. The third-order valence-corrected chi connectivity index (χ3v) is 3.55. The van der Waals surface area contributed by atoms with Gasteiger partial charge in [0.15, 0.2) is 0 Å². The summed E-state index contributed by atoms with van der Waals surface area (Å²) in [5.74, 6) is -0.835. The zero-order chi connectivity index (χ0) is 7.84. The van der Waals surface area contributed by atoms with Crippen LogP contribution in [0.3, 0.4) is 0 Å². The van der Waals surface area contributed by atoms with E-state index in [9.17, 15) is 4.79 Å². The van der Waals surface area contributed by atoms with Crippen LogP contribution in [0.2, 0.25) is 0 Å². The predicted molar refractivity (Wildman–Crippen MR) is 46.7 cm³/mol. The van der Waals surface area contributed by atoms with Gasteiger partial charge in [-0.1, -0.05) is 0 Å². The summed E-state index contributed by atoms with van der Waals surface area (Å²) >= 11 is 2.91. The molecule has 0 saturated carbocycles. The van der Waals surface area contributed by atoms with E-state index in [1.54, 1.807) is 17.4 Å². The summed E-state index contributed by atoms with van der Waals surface area (Å²) in [7, 11) is 0. The van der Waals surface area contributed by atoms with Crippen LogP contribution >= 0.6 is 22.7 Å². The van der Waals surface area contributed by atoms with E-state index in [0.29, 0.717) is 4.88 Å². The van der Waals surface area contributed by atoms with Gasteiger partial charge in [-0.15, -0.1) is 22.7 Å². The maximum atomic E-state index is 10.5. The van der Waals surface area contributed by atoms with Crippen LogP contribution in [-0.2, 0) is 0 Å². The van der Waals surface area contributed by atoms with Gasteiger partial charge in [0.1, 0.15) is 4.88 Å². The molecule has 0 aromatic carbocycles. The lowest BCUT2D eigenvalue weighted by molar-refractivity contribution is 0.0702. The van der Waals surface area contributed by atoms with Crippen LogP contribution in [0.1, 0.15) is 9.67 Å². The second kappa shape index (κ2) is 2.32. The normalized spacial score (nSPS) is 10.5. The molecule has 0 fully saturated rings. The van der Waals surface area contributed by atoms with Crippen molar-refractivity contribution in [2.75, 3.05) is 0 Å². The van der Waals surface area contributed by atoms with Gasteiger partial charge in [0.05, 0.1) is 4.01 Å². The number of thiophene rings is 2. The smallest absolute Gasteiger partial charge is 0.345 e. The first kappa shape index (κ1) is 6.82. The van der Waals surface area contributed by atoms with Crippen LogP contribution in [0.5, 0.6) is 0 Å². The molecule has 2 rings (SSSR count). The van der Waals surface area contributed by atoms with Gasteiger partial charge in [-0.2, -0.15) is 0 Å². The maximum absolute atomic E-state index is 10.5. The molecule has 2 nitrogen and oxygen atoms in total. The van der Waals surface area contributed by atoms with Crippen molar-refractivity contribution in [1.82, 2.24) is 0 Å². The SMILES string of the molecule is O=C(O)c1cc2ccsc2s1. The van der Waals surface area contributed by atoms with Crippen LogP contribution in [0.25, 0.3) is 9.40 Å². The average molecular weight is 184 g/mol. The Kier molecular flexibility index (Phi) is 1.44. The van der Waals surface area contributed by atoms with E-state index in [2.05, 4.69) is 0 Å². The molecule has 2 heterocycles. The Morgan fingerprint density at radius 1 is 1.55 bits per heavy atom. The van der Waals surface area contributed by atoms with E-state index >= 15 is 0 Å². The first-order chi connectivity index (χ1) is 5.27. The Bertz CT molecular complexity index is 371. The first-order valence-corrected chi connectivity index (χ1v) is 4.67. The largest absolute Gasteiger partial charge is 0.477 e.